The first-order valence-electron chi connectivity index (χ1n) is 14.9. The van der Waals surface area contributed by atoms with Crippen molar-refractivity contribution in [3.63, 3.8) is 0 Å². The Morgan fingerprint density at radius 2 is 1.18 bits per heavy atom. The topological polar surface area (TPSA) is 19.7 Å². The summed E-state index contributed by atoms with van der Waals surface area (Å²) in [6.07, 6.45) is 32.9. The van der Waals surface area contributed by atoms with Crippen LogP contribution in [-0.2, 0) is 6.42 Å². The highest BCUT2D eigenvalue weighted by Gasteiger charge is 2.26. The molecule has 2 nitrogen and oxygen atoms in total. The lowest BCUT2D eigenvalue weighted by molar-refractivity contribution is -0.730. The number of nitrogens with zero attached hydrogens (tertiary/aromatic N) is 1. The third-order valence-electron chi connectivity index (χ3n) is 7.62. The molecule has 1 aromatic heterocycles. The molecule has 2 aromatic rings. The third-order valence-corrected chi connectivity index (χ3v) is 7.62. The van der Waals surface area contributed by atoms with Crippen molar-refractivity contribution >= 4 is 0 Å². The maximum absolute atomic E-state index is 3.32. The van der Waals surface area contributed by atoms with Gasteiger partial charge in [-0.1, -0.05) is 140 Å². The highest BCUT2D eigenvalue weighted by atomic mass is 15.1. The summed E-state index contributed by atoms with van der Waals surface area (Å²) in [6.45, 7) is 4.61. The second-order valence-corrected chi connectivity index (χ2v) is 10.6. The molecular weight excluding hydrogens is 412 g/mol. The van der Waals surface area contributed by atoms with E-state index in [1.54, 1.807) is 0 Å². The molecule has 0 amide bonds. The Hall–Kier alpha value is -1.57. The Morgan fingerprint density at radius 1 is 0.647 bits per heavy atom. The van der Waals surface area contributed by atoms with Crippen LogP contribution in [0.5, 0.6) is 0 Å². The quantitative estimate of drug-likeness (QED) is 0.131. The largest absolute Gasteiger partial charge is 0.250 e. The zero-order valence-electron chi connectivity index (χ0n) is 22.7. The molecule has 0 aliphatic rings. The van der Waals surface area contributed by atoms with Gasteiger partial charge in [-0.2, -0.15) is 0 Å². The van der Waals surface area contributed by atoms with E-state index in [0.717, 1.165) is 0 Å². The number of aromatic amines is 1. The van der Waals surface area contributed by atoms with E-state index in [0.29, 0.717) is 12.0 Å². The molecule has 0 aliphatic heterocycles. The number of benzene rings is 1. The van der Waals surface area contributed by atoms with E-state index in [4.69, 9.17) is 0 Å². The van der Waals surface area contributed by atoms with Gasteiger partial charge in [-0.15, -0.1) is 0 Å². The van der Waals surface area contributed by atoms with Crippen LogP contribution in [-0.4, -0.2) is 4.98 Å². The SMILES string of the molecule is CCCCCCCCCCCC(C(CCCCCCCCC)Cc1ccccc1)[n+]1cc[nH]c1. The standard InChI is InChI=1S/C32H54N2/c1-3-5-7-9-11-12-14-16-21-25-32(34-27-26-33-29-34)31(28-30-22-18-17-19-23-30)24-20-15-13-10-8-6-4-2/h17-19,22-23,26-27,29,31-32H,3-16,20-21,24-25,28H2,1-2H3/p+1. The summed E-state index contributed by atoms with van der Waals surface area (Å²) >= 11 is 0. The molecule has 2 heteroatoms. The predicted molar refractivity (Wildman–Crippen MR) is 148 cm³/mol. The number of aromatic nitrogens is 2. The van der Waals surface area contributed by atoms with E-state index in [1.165, 1.54) is 128 Å². The average Bonchev–Trinajstić information content (AvgIpc) is 3.39. The van der Waals surface area contributed by atoms with Crippen LogP contribution in [0.15, 0.2) is 49.1 Å². The first-order valence-corrected chi connectivity index (χ1v) is 14.9. The van der Waals surface area contributed by atoms with Crippen LogP contribution in [0.1, 0.15) is 141 Å². The van der Waals surface area contributed by atoms with Crippen molar-refractivity contribution in [3.05, 3.63) is 54.6 Å². The Kier molecular flexibility index (Phi) is 16.6. The fraction of sp³-hybridized carbons (Fsp3) is 0.719. The molecule has 1 N–H and O–H groups in total. The van der Waals surface area contributed by atoms with Gasteiger partial charge in [0.25, 0.3) is 0 Å². The molecule has 2 rings (SSSR count). The lowest BCUT2D eigenvalue weighted by Crippen LogP contribution is -2.42. The summed E-state index contributed by atoms with van der Waals surface area (Å²) in [4.78, 5) is 3.32. The zero-order valence-corrected chi connectivity index (χ0v) is 22.7. The third kappa shape index (κ3) is 12.8. The minimum absolute atomic E-state index is 0.608. The molecule has 0 fully saturated rings. The second kappa shape index (κ2) is 19.7. The lowest BCUT2D eigenvalue weighted by Gasteiger charge is -2.25. The van der Waals surface area contributed by atoms with Gasteiger partial charge in [-0.3, -0.25) is 4.98 Å². The number of rotatable bonds is 22. The Morgan fingerprint density at radius 3 is 1.71 bits per heavy atom. The summed E-state index contributed by atoms with van der Waals surface area (Å²) in [5, 5.41) is 0. The van der Waals surface area contributed by atoms with Crippen LogP contribution in [0.2, 0.25) is 0 Å². The second-order valence-electron chi connectivity index (χ2n) is 10.6. The molecule has 192 valence electrons. The fourth-order valence-corrected chi connectivity index (χ4v) is 5.51. The van der Waals surface area contributed by atoms with Gasteiger partial charge in [0.05, 0.1) is 0 Å². The molecule has 0 spiro atoms. The Bertz CT molecular complexity index is 664. The molecule has 0 aliphatic carbocycles. The van der Waals surface area contributed by atoms with E-state index < -0.39 is 0 Å². The van der Waals surface area contributed by atoms with Crippen molar-refractivity contribution in [2.45, 2.75) is 142 Å². The molecule has 0 saturated heterocycles. The summed E-state index contributed by atoms with van der Waals surface area (Å²) < 4.78 is 2.49. The average molecular weight is 468 g/mol. The summed E-state index contributed by atoms with van der Waals surface area (Å²) in [7, 11) is 0. The Balaban J connectivity index is 1.86. The molecule has 0 saturated carbocycles. The van der Waals surface area contributed by atoms with E-state index >= 15 is 0 Å². The van der Waals surface area contributed by atoms with E-state index in [2.05, 4.69) is 72.5 Å². The number of hydrogen-bond donors (Lipinski definition) is 1. The van der Waals surface area contributed by atoms with Crippen LogP contribution in [0.4, 0.5) is 0 Å². The lowest BCUT2D eigenvalue weighted by atomic mass is 9.84. The van der Waals surface area contributed by atoms with Crippen LogP contribution in [0.25, 0.3) is 0 Å². The number of H-pyrrole nitrogens is 1. The molecule has 34 heavy (non-hydrogen) atoms. The van der Waals surface area contributed by atoms with Gasteiger partial charge in [-0.25, -0.2) is 4.57 Å². The van der Waals surface area contributed by atoms with Gasteiger partial charge >= 0.3 is 0 Å². The van der Waals surface area contributed by atoms with Gasteiger partial charge in [-0.05, 0) is 31.2 Å². The van der Waals surface area contributed by atoms with E-state index in [-0.39, 0.29) is 0 Å². The first-order chi connectivity index (χ1) is 16.8. The maximum atomic E-state index is 3.32. The first kappa shape index (κ1) is 28.7. The van der Waals surface area contributed by atoms with Crippen LogP contribution < -0.4 is 4.57 Å². The summed E-state index contributed by atoms with van der Waals surface area (Å²) in [6, 6.07) is 11.8. The number of imidazole rings is 1. The summed E-state index contributed by atoms with van der Waals surface area (Å²) in [5.74, 6) is 0.716. The van der Waals surface area contributed by atoms with Gasteiger partial charge in [0.15, 0.2) is 0 Å². The zero-order chi connectivity index (χ0) is 24.1. The molecule has 0 radical (unpaired) electrons. The summed E-state index contributed by atoms with van der Waals surface area (Å²) in [5.41, 5.74) is 1.50. The van der Waals surface area contributed by atoms with Gasteiger partial charge in [0, 0.05) is 5.92 Å². The molecule has 1 heterocycles. The Labute approximate surface area is 212 Å². The van der Waals surface area contributed by atoms with Crippen molar-refractivity contribution < 1.29 is 4.57 Å². The number of nitrogens with one attached hydrogen (secondary N) is 1. The molecule has 2 atom stereocenters. The van der Waals surface area contributed by atoms with Crippen molar-refractivity contribution in [3.8, 4) is 0 Å². The monoisotopic (exact) mass is 467 g/mol. The minimum Gasteiger partial charge on any atom is -0.250 e. The van der Waals surface area contributed by atoms with Crippen molar-refractivity contribution in [1.82, 2.24) is 4.98 Å². The van der Waals surface area contributed by atoms with Crippen LogP contribution in [0, 0.1) is 5.92 Å². The highest BCUT2D eigenvalue weighted by Crippen LogP contribution is 2.29. The fourth-order valence-electron chi connectivity index (χ4n) is 5.51. The van der Waals surface area contributed by atoms with Gasteiger partial charge < -0.3 is 0 Å². The van der Waals surface area contributed by atoms with Crippen molar-refractivity contribution in [2.24, 2.45) is 5.92 Å². The van der Waals surface area contributed by atoms with Gasteiger partial charge in [0.2, 0.25) is 6.33 Å². The van der Waals surface area contributed by atoms with E-state index in [9.17, 15) is 0 Å². The number of unbranched alkanes of at least 4 members (excludes halogenated alkanes) is 14. The van der Waals surface area contributed by atoms with E-state index in [1.807, 2.05) is 0 Å². The van der Waals surface area contributed by atoms with Crippen molar-refractivity contribution in [1.29, 1.82) is 0 Å². The highest BCUT2D eigenvalue weighted by molar-refractivity contribution is 5.15. The molecule has 0 bridgehead atoms. The maximum Gasteiger partial charge on any atom is 0.241 e. The van der Waals surface area contributed by atoms with Crippen molar-refractivity contribution in [2.75, 3.05) is 0 Å². The molecular formula is C32H55N2+. The minimum atomic E-state index is 0.608. The number of hydrogen-bond acceptors (Lipinski definition) is 0. The van der Waals surface area contributed by atoms with Crippen LogP contribution >= 0.6 is 0 Å². The normalized spacial score (nSPS) is 13.2. The smallest absolute Gasteiger partial charge is 0.241 e. The molecule has 2 unspecified atom stereocenters. The van der Waals surface area contributed by atoms with Crippen LogP contribution in [0.3, 0.4) is 0 Å². The molecule has 1 aromatic carbocycles. The predicted octanol–water partition coefficient (Wildman–Crippen LogP) is 9.76. The van der Waals surface area contributed by atoms with Gasteiger partial charge in [0.1, 0.15) is 18.4 Å².